The van der Waals surface area contributed by atoms with Crippen molar-refractivity contribution < 1.29 is 9.53 Å². The molecular formula is C16H19N3O2S. The third kappa shape index (κ3) is 3.64. The van der Waals surface area contributed by atoms with Gasteiger partial charge in [0.05, 0.1) is 24.9 Å². The van der Waals surface area contributed by atoms with Crippen LogP contribution in [0.2, 0.25) is 0 Å². The summed E-state index contributed by atoms with van der Waals surface area (Å²) in [6, 6.07) is 10.00. The number of hydrogen-bond acceptors (Lipinski definition) is 4. The highest BCUT2D eigenvalue weighted by atomic mass is 32.1. The number of morpholine rings is 1. The Bertz CT molecular complexity index is 629. The van der Waals surface area contributed by atoms with Crippen LogP contribution in [0.1, 0.15) is 11.9 Å². The Morgan fingerprint density at radius 1 is 1.45 bits per heavy atom. The number of aromatic nitrogens is 1. The zero-order valence-electron chi connectivity index (χ0n) is 12.5. The standard InChI is InChI=1S/C16H19N3O2S/c1-12-10-19(7-8-21-12)16(20)17-9-15-18-14(11-22-15)13-5-3-2-4-6-13/h2-6,11-12H,7-10H2,1H3,(H,17,20). The fourth-order valence-electron chi connectivity index (χ4n) is 2.40. The van der Waals surface area contributed by atoms with E-state index < -0.39 is 0 Å². The summed E-state index contributed by atoms with van der Waals surface area (Å²) in [5.41, 5.74) is 2.05. The van der Waals surface area contributed by atoms with Crippen LogP contribution in [0.5, 0.6) is 0 Å². The van der Waals surface area contributed by atoms with Crippen molar-refractivity contribution in [2.24, 2.45) is 0 Å². The van der Waals surface area contributed by atoms with Crippen LogP contribution in [-0.2, 0) is 11.3 Å². The number of nitrogens with one attached hydrogen (secondary N) is 1. The van der Waals surface area contributed by atoms with E-state index in [1.165, 1.54) is 0 Å². The van der Waals surface area contributed by atoms with Crippen molar-refractivity contribution in [3.63, 3.8) is 0 Å². The van der Waals surface area contributed by atoms with Gasteiger partial charge in [-0.15, -0.1) is 11.3 Å². The zero-order valence-corrected chi connectivity index (χ0v) is 13.3. The second-order valence-corrected chi connectivity index (χ2v) is 6.22. The van der Waals surface area contributed by atoms with E-state index in [2.05, 4.69) is 10.3 Å². The summed E-state index contributed by atoms with van der Waals surface area (Å²) in [6.45, 7) is 4.32. The van der Waals surface area contributed by atoms with Crippen molar-refractivity contribution in [3.05, 3.63) is 40.7 Å². The average Bonchev–Trinajstić information content (AvgIpc) is 3.02. The number of urea groups is 1. The van der Waals surface area contributed by atoms with Crippen LogP contribution in [0.3, 0.4) is 0 Å². The second kappa shape index (κ2) is 6.89. The van der Waals surface area contributed by atoms with Crippen LogP contribution in [0.25, 0.3) is 11.3 Å². The molecule has 2 aromatic rings. The predicted octanol–water partition coefficient (Wildman–Crippen LogP) is 2.74. The number of amides is 2. The second-order valence-electron chi connectivity index (χ2n) is 5.28. The van der Waals surface area contributed by atoms with E-state index in [4.69, 9.17) is 4.74 Å². The Morgan fingerprint density at radius 3 is 3.05 bits per heavy atom. The first-order valence-corrected chi connectivity index (χ1v) is 8.24. The molecule has 116 valence electrons. The van der Waals surface area contributed by atoms with Crippen LogP contribution in [0.15, 0.2) is 35.7 Å². The van der Waals surface area contributed by atoms with Crippen LogP contribution in [0.4, 0.5) is 4.79 Å². The number of hydrogen-bond donors (Lipinski definition) is 1. The number of carbonyl (C=O) groups excluding carboxylic acids is 1. The first kappa shape index (κ1) is 15.0. The monoisotopic (exact) mass is 317 g/mol. The maximum atomic E-state index is 12.1. The first-order chi connectivity index (χ1) is 10.7. The molecule has 1 aromatic carbocycles. The summed E-state index contributed by atoms with van der Waals surface area (Å²) in [7, 11) is 0. The largest absolute Gasteiger partial charge is 0.375 e. The van der Waals surface area contributed by atoms with Gasteiger partial charge in [-0.3, -0.25) is 0 Å². The lowest BCUT2D eigenvalue weighted by atomic mass is 10.2. The van der Waals surface area contributed by atoms with Gasteiger partial charge in [-0.1, -0.05) is 30.3 Å². The van der Waals surface area contributed by atoms with E-state index in [1.807, 2.05) is 42.6 Å². The summed E-state index contributed by atoms with van der Waals surface area (Å²) in [5, 5.41) is 5.87. The molecule has 6 heteroatoms. The minimum absolute atomic E-state index is 0.0494. The molecule has 3 rings (SSSR count). The van der Waals surface area contributed by atoms with Gasteiger partial charge in [-0.05, 0) is 6.92 Å². The van der Waals surface area contributed by atoms with Gasteiger partial charge in [0.25, 0.3) is 0 Å². The quantitative estimate of drug-likeness (QED) is 0.947. The fourth-order valence-corrected chi connectivity index (χ4v) is 3.14. The van der Waals surface area contributed by atoms with Crippen LogP contribution in [0, 0.1) is 0 Å². The van der Waals surface area contributed by atoms with Gasteiger partial charge in [0, 0.05) is 24.0 Å². The lowest BCUT2D eigenvalue weighted by Gasteiger charge is -2.31. The normalized spacial score (nSPS) is 18.2. The molecule has 0 saturated carbocycles. The Labute approximate surface area is 133 Å². The molecule has 0 radical (unpaired) electrons. The third-order valence-corrected chi connectivity index (χ3v) is 4.39. The predicted molar refractivity (Wildman–Crippen MR) is 86.8 cm³/mol. The van der Waals surface area contributed by atoms with Crippen molar-refractivity contribution in [1.82, 2.24) is 15.2 Å². The molecule has 1 unspecified atom stereocenters. The molecule has 0 aliphatic carbocycles. The maximum Gasteiger partial charge on any atom is 0.317 e. The van der Waals surface area contributed by atoms with Gasteiger partial charge < -0.3 is 15.0 Å². The third-order valence-electron chi connectivity index (χ3n) is 3.54. The van der Waals surface area contributed by atoms with E-state index in [0.717, 1.165) is 16.3 Å². The van der Waals surface area contributed by atoms with Gasteiger partial charge in [-0.25, -0.2) is 9.78 Å². The minimum atomic E-state index is -0.0494. The van der Waals surface area contributed by atoms with E-state index in [-0.39, 0.29) is 12.1 Å². The summed E-state index contributed by atoms with van der Waals surface area (Å²) < 4.78 is 5.44. The van der Waals surface area contributed by atoms with Crippen LogP contribution >= 0.6 is 11.3 Å². The highest BCUT2D eigenvalue weighted by molar-refractivity contribution is 7.09. The highest BCUT2D eigenvalue weighted by Crippen LogP contribution is 2.21. The molecule has 0 spiro atoms. The number of ether oxygens (including phenoxy) is 1. The molecule has 1 fully saturated rings. The molecule has 1 N–H and O–H groups in total. The molecular weight excluding hydrogens is 298 g/mol. The van der Waals surface area contributed by atoms with Gasteiger partial charge in [-0.2, -0.15) is 0 Å². The van der Waals surface area contributed by atoms with Gasteiger partial charge >= 0.3 is 6.03 Å². The van der Waals surface area contributed by atoms with Crippen LogP contribution < -0.4 is 5.32 Å². The Hall–Kier alpha value is -1.92. The van der Waals surface area contributed by atoms with Gasteiger partial charge in [0.15, 0.2) is 0 Å². The maximum absolute atomic E-state index is 12.1. The SMILES string of the molecule is CC1CN(C(=O)NCc2nc(-c3ccccc3)cs2)CCO1. The van der Waals surface area contributed by atoms with E-state index in [0.29, 0.717) is 26.2 Å². The number of thiazole rings is 1. The molecule has 22 heavy (non-hydrogen) atoms. The molecule has 2 heterocycles. The van der Waals surface area contributed by atoms with Crippen molar-refractivity contribution in [1.29, 1.82) is 0 Å². The summed E-state index contributed by atoms with van der Waals surface area (Å²) in [4.78, 5) is 18.5. The summed E-state index contributed by atoms with van der Waals surface area (Å²) >= 11 is 1.56. The van der Waals surface area contributed by atoms with Crippen LogP contribution in [-0.4, -0.2) is 41.7 Å². The number of nitrogens with zero attached hydrogens (tertiary/aromatic N) is 2. The summed E-state index contributed by atoms with van der Waals surface area (Å²) in [5.74, 6) is 0. The molecule has 1 aromatic heterocycles. The minimum Gasteiger partial charge on any atom is -0.375 e. The molecule has 1 aliphatic rings. The Balaban J connectivity index is 1.56. The highest BCUT2D eigenvalue weighted by Gasteiger charge is 2.21. The molecule has 5 nitrogen and oxygen atoms in total. The average molecular weight is 317 g/mol. The van der Waals surface area contributed by atoms with Crippen molar-refractivity contribution >= 4 is 17.4 Å². The Kier molecular flexibility index (Phi) is 4.70. The molecule has 1 aliphatic heterocycles. The summed E-state index contributed by atoms with van der Waals surface area (Å²) in [6.07, 6.45) is 0.101. The van der Waals surface area contributed by atoms with Crippen molar-refractivity contribution in [2.45, 2.75) is 19.6 Å². The first-order valence-electron chi connectivity index (χ1n) is 7.36. The number of rotatable bonds is 3. The van der Waals surface area contributed by atoms with E-state index in [1.54, 1.807) is 16.2 Å². The number of carbonyl (C=O) groups is 1. The molecule has 0 bridgehead atoms. The lowest BCUT2D eigenvalue weighted by Crippen LogP contribution is -2.48. The number of benzene rings is 1. The zero-order chi connectivity index (χ0) is 15.4. The van der Waals surface area contributed by atoms with E-state index >= 15 is 0 Å². The lowest BCUT2D eigenvalue weighted by molar-refractivity contribution is -0.00351. The van der Waals surface area contributed by atoms with Gasteiger partial charge in [0.1, 0.15) is 5.01 Å². The van der Waals surface area contributed by atoms with E-state index in [9.17, 15) is 4.79 Å². The van der Waals surface area contributed by atoms with Crippen molar-refractivity contribution in [2.75, 3.05) is 19.7 Å². The fraction of sp³-hybridized carbons (Fsp3) is 0.375. The molecule has 1 saturated heterocycles. The van der Waals surface area contributed by atoms with Crippen molar-refractivity contribution in [3.8, 4) is 11.3 Å². The molecule has 1 atom stereocenters. The smallest absolute Gasteiger partial charge is 0.317 e. The Morgan fingerprint density at radius 2 is 2.27 bits per heavy atom. The van der Waals surface area contributed by atoms with Gasteiger partial charge in [0.2, 0.25) is 0 Å². The molecule has 2 amide bonds. The topological polar surface area (TPSA) is 54.5 Å².